The van der Waals surface area contributed by atoms with E-state index in [-0.39, 0.29) is 11.9 Å². The molecule has 0 radical (unpaired) electrons. The molecule has 1 aliphatic heterocycles. The first-order chi connectivity index (χ1) is 5.72. The molecular weight excluding hydrogens is 152 g/mol. The fraction of sp³-hybridized carbons (Fsp3) is 0.889. The summed E-state index contributed by atoms with van der Waals surface area (Å²) >= 11 is 0. The maximum atomic E-state index is 11.6. The largest absolute Gasteiger partial charge is 0.345 e. The lowest BCUT2D eigenvalue weighted by molar-refractivity contribution is -0.131. The number of amides is 1. The van der Waals surface area contributed by atoms with Crippen LogP contribution < -0.4 is 5.32 Å². The van der Waals surface area contributed by atoms with E-state index in [2.05, 4.69) is 5.32 Å². The first-order valence-corrected chi connectivity index (χ1v) is 4.73. The fourth-order valence-corrected chi connectivity index (χ4v) is 1.94. The number of rotatable bonds is 2. The van der Waals surface area contributed by atoms with Gasteiger partial charge in [-0.05, 0) is 25.7 Å². The Morgan fingerprint density at radius 1 is 1.58 bits per heavy atom. The van der Waals surface area contributed by atoms with E-state index < -0.39 is 0 Å². The van der Waals surface area contributed by atoms with Crippen LogP contribution in [0.2, 0.25) is 0 Å². The standard InChI is InChI=1S/C9H16N2O/c1-3-11(2)9(12)8-5-6-4-7(6)10-8/h6-8,10H,3-5H2,1-2H3/t6-,7-,8-/m0/s1. The molecule has 2 aliphatic rings. The van der Waals surface area contributed by atoms with Crippen molar-refractivity contribution in [3.05, 3.63) is 0 Å². The molecule has 3 atom stereocenters. The Hall–Kier alpha value is -0.570. The molecule has 0 bridgehead atoms. The van der Waals surface area contributed by atoms with E-state index in [1.54, 1.807) is 4.90 Å². The summed E-state index contributed by atoms with van der Waals surface area (Å²) in [5.41, 5.74) is 0. The zero-order valence-electron chi connectivity index (χ0n) is 7.71. The summed E-state index contributed by atoms with van der Waals surface area (Å²) in [7, 11) is 1.87. The lowest BCUT2D eigenvalue weighted by Crippen LogP contribution is -2.43. The Bertz CT molecular complexity index is 195. The number of carbonyl (C=O) groups excluding carboxylic acids is 1. The van der Waals surface area contributed by atoms with Gasteiger partial charge in [-0.15, -0.1) is 0 Å². The lowest BCUT2D eigenvalue weighted by Gasteiger charge is -2.20. The second-order valence-corrected chi connectivity index (χ2v) is 3.91. The van der Waals surface area contributed by atoms with Gasteiger partial charge in [-0.2, -0.15) is 0 Å². The van der Waals surface area contributed by atoms with Crippen LogP contribution in [-0.2, 0) is 4.79 Å². The summed E-state index contributed by atoms with van der Waals surface area (Å²) in [5.74, 6) is 1.08. The quantitative estimate of drug-likeness (QED) is 0.639. The van der Waals surface area contributed by atoms with E-state index in [0.717, 1.165) is 18.9 Å². The minimum absolute atomic E-state index is 0.124. The Morgan fingerprint density at radius 2 is 2.33 bits per heavy atom. The van der Waals surface area contributed by atoms with Crippen molar-refractivity contribution in [2.24, 2.45) is 5.92 Å². The Labute approximate surface area is 73.1 Å². The van der Waals surface area contributed by atoms with E-state index in [9.17, 15) is 4.79 Å². The Kier molecular flexibility index (Phi) is 1.83. The highest BCUT2D eigenvalue weighted by Gasteiger charge is 2.48. The lowest BCUT2D eigenvalue weighted by atomic mass is 10.1. The molecule has 1 heterocycles. The van der Waals surface area contributed by atoms with Crippen LogP contribution in [0.15, 0.2) is 0 Å². The van der Waals surface area contributed by atoms with Gasteiger partial charge < -0.3 is 10.2 Å². The molecule has 3 heteroatoms. The number of nitrogens with one attached hydrogen (secondary N) is 1. The van der Waals surface area contributed by atoms with Gasteiger partial charge in [0.1, 0.15) is 0 Å². The van der Waals surface area contributed by atoms with Crippen LogP contribution in [0, 0.1) is 5.92 Å². The van der Waals surface area contributed by atoms with Crippen LogP contribution in [0.4, 0.5) is 0 Å². The van der Waals surface area contributed by atoms with Crippen molar-refractivity contribution in [2.45, 2.75) is 31.8 Å². The third kappa shape index (κ3) is 1.22. The molecule has 1 saturated heterocycles. The molecule has 0 spiro atoms. The van der Waals surface area contributed by atoms with Gasteiger partial charge in [0.2, 0.25) is 5.91 Å². The minimum Gasteiger partial charge on any atom is -0.345 e. The summed E-state index contributed by atoms with van der Waals surface area (Å²) in [5, 5.41) is 3.35. The molecule has 0 aromatic carbocycles. The zero-order chi connectivity index (χ0) is 8.72. The van der Waals surface area contributed by atoms with Crippen LogP contribution >= 0.6 is 0 Å². The molecular formula is C9H16N2O. The number of likely N-dealkylation sites (N-methyl/N-ethyl adjacent to an activating group) is 1. The van der Waals surface area contributed by atoms with Crippen molar-refractivity contribution in [1.82, 2.24) is 10.2 Å². The van der Waals surface area contributed by atoms with E-state index in [1.807, 2.05) is 14.0 Å². The Morgan fingerprint density at radius 3 is 2.83 bits per heavy atom. The average molecular weight is 168 g/mol. The van der Waals surface area contributed by atoms with Crippen molar-refractivity contribution in [2.75, 3.05) is 13.6 Å². The maximum Gasteiger partial charge on any atom is 0.239 e. The number of carbonyl (C=O) groups is 1. The van der Waals surface area contributed by atoms with E-state index in [4.69, 9.17) is 0 Å². The smallest absolute Gasteiger partial charge is 0.239 e. The highest BCUT2D eigenvalue weighted by Crippen LogP contribution is 2.40. The van der Waals surface area contributed by atoms with E-state index in [1.165, 1.54) is 6.42 Å². The number of piperidine rings is 1. The van der Waals surface area contributed by atoms with Gasteiger partial charge in [-0.25, -0.2) is 0 Å². The number of hydrogen-bond donors (Lipinski definition) is 1. The van der Waals surface area contributed by atoms with Crippen LogP contribution in [-0.4, -0.2) is 36.5 Å². The molecule has 2 fully saturated rings. The number of hydrogen-bond acceptors (Lipinski definition) is 2. The normalized spacial score (nSPS) is 37.7. The first kappa shape index (κ1) is 8.05. The molecule has 1 saturated carbocycles. The van der Waals surface area contributed by atoms with Crippen molar-refractivity contribution >= 4 is 5.91 Å². The molecule has 1 N–H and O–H groups in total. The van der Waals surface area contributed by atoms with Crippen molar-refractivity contribution in [3.8, 4) is 0 Å². The van der Waals surface area contributed by atoms with Gasteiger partial charge in [0.05, 0.1) is 6.04 Å². The molecule has 0 unspecified atom stereocenters. The molecule has 0 aromatic rings. The van der Waals surface area contributed by atoms with E-state index in [0.29, 0.717) is 6.04 Å². The molecule has 12 heavy (non-hydrogen) atoms. The van der Waals surface area contributed by atoms with Gasteiger partial charge in [0.15, 0.2) is 0 Å². The number of nitrogens with zero attached hydrogens (tertiary/aromatic N) is 1. The monoisotopic (exact) mass is 168 g/mol. The second kappa shape index (κ2) is 2.73. The van der Waals surface area contributed by atoms with E-state index >= 15 is 0 Å². The van der Waals surface area contributed by atoms with Crippen LogP contribution in [0.5, 0.6) is 0 Å². The zero-order valence-corrected chi connectivity index (χ0v) is 7.71. The van der Waals surface area contributed by atoms with Crippen LogP contribution in [0.25, 0.3) is 0 Å². The van der Waals surface area contributed by atoms with Gasteiger partial charge in [0, 0.05) is 19.6 Å². The van der Waals surface area contributed by atoms with Crippen LogP contribution in [0.1, 0.15) is 19.8 Å². The highest BCUT2D eigenvalue weighted by atomic mass is 16.2. The van der Waals surface area contributed by atoms with Gasteiger partial charge in [-0.3, -0.25) is 4.79 Å². The molecule has 3 nitrogen and oxygen atoms in total. The minimum atomic E-state index is 0.124. The molecule has 0 aromatic heterocycles. The fourth-order valence-electron chi connectivity index (χ4n) is 1.94. The first-order valence-electron chi connectivity index (χ1n) is 4.73. The van der Waals surface area contributed by atoms with Crippen molar-refractivity contribution in [1.29, 1.82) is 0 Å². The third-order valence-corrected chi connectivity index (χ3v) is 3.02. The highest BCUT2D eigenvalue weighted by molar-refractivity contribution is 5.82. The molecule has 2 rings (SSSR count). The topological polar surface area (TPSA) is 32.3 Å². The summed E-state index contributed by atoms with van der Waals surface area (Å²) in [6.07, 6.45) is 2.35. The molecule has 68 valence electrons. The van der Waals surface area contributed by atoms with Crippen LogP contribution in [0.3, 0.4) is 0 Å². The summed E-state index contributed by atoms with van der Waals surface area (Å²) < 4.78 is 0. The van der Waals surface area contributed by atoms with Crippen molar-refractivity contribution < 1.29 is 4.79 Å². The Balaban J connectivity index is 1.88. The van der Waals surface area contributed by atoms with Crippen molar-refractivity contribution in [3.63, 3.8) is 0 Å². The van der Waals surface area contributed by atoms with Gasteiger partial charge >= 0.3 is 0 Å². The third-order valence-electron chi connectivity index (χ3n) is 3.02. The summed E-state index contributed by atoms with van der Waals surface area (Å²) in [6.45, 7) is 2.82. The second-order valence-electron chi connectivity index (χ2n) is 3.91. The average Bonchev–Trinajstić information content (AvgIpc) is 2.71. The predicted molar refractivity (Wildman–Crippen MR) is 46.7 cm³/mol. The van der Waals surface area contributed by atoms with Gasteiger partial charge in [-0.1, -0.05) is 0 Å². The summed E-state index contributed by atoms with van der Waals surface area (Å²) in [4.78, 5) is 13.4. The predicted octanol–water partition coefficient (Wildman–Crippen LogP) is 0.215. The molecule has 1 aliphatic carbocycles. The van der Waals surface area contributed by atoms with Gasteiger partial charge in [0.25, 0.3) is 0 Å². The maximum absolute atomic E-state index is 11.6. The summed E-state index contributed by atoms with van der Waals surface area (Å²) in [6, 6.07) is 0.794. The number of fused-ring (bicyclic) bond motifs is 1. The SMILES string of the molecule is CCN(C)C(=O)[C@@H]1C[C@@H]2C[C@@H]2N1. The molecule has 1 amide bonds.